The van der Waals surface area contributed by atoms with Gasteiger partial charge in [-0.1, -0.05) is 35.4 Å². The molecule has 4 rings (SSSR count). The molecule has 8 heteroatoms. The average molecular weight is 388 g/mol. The number of nitrogens with one attached hydrogen (secondary N) is 2. The Labute approximate surface area is 166 Å². The van der Waals surface area contributed by atoms with E-state index in [2.05, 4.69) is 20.7 Å². The van der Waals surface area contributed by atoms with Crippen molar-refractivity contribution >= 4 is 28.9 Å². The van der Waals surface area contributed by atoms with Gasteiger partial charge in [-0.2, -0.15) is 4.98 Å². The van der Waals surface area contributed by atoms with Crippen LogP contribution in [0.4, 0.5) is 17.2 Å². The Morgan fingerprint density at radius 3 is 2.21 bits per heavy atom. The number of fused-ring (bicyclic) bond motifs is 1. The highest BCUT2D eigenvalue weighted by Gasteiger charge is 2.12. The molecule has 0 aliphatic rings. The van der Waals surface area contributed by atoms with Crippen LogP contribution >= 0.6 is 0 Å². The van der Waals surface area contributed by atoms with E-state index < -0.39 is 5.69 Å². The van der Waals surface area contributed by atoms with Crippen molar-refractivity contribution in [1.82, 2.24) is 19.2 Å². The molecule has 0 bridgehead atoms. The maximum atomic E-state index is 12.5. The second kappa shape index (κ2) is 7.59. The molecule has 0 saturated heterocycles. The number of carbonyl (C=O) groups excluding carboxylic acids is 1. The summed E-state index contributed by atoms with van der Waals surface area (Å²) in [6, 6.07) is 17.0. The Bertz CT molecular complexity index is 1220. The second-order valence-electron chi connectivity index (χ2n) is 6.83. The number of aryl methyl sites for hydroxylation is 2. The lowest BCUT2D eigenvalue weighted by molar-refractivity contribution is -0.117. The predicted molar refractivity (Wildman–Crippen MR) is 112 cm³/mol. The third kappa shape index (κ3) is 4.16. The number of benzene rings is 2. The van der Waals surface area contributed by atoms with E-state index in [1.807, 2.05) is 62.4 Å². The molecule has 0 unspecified atom stereocenters. The molecule has 1 amide bonds. The molecule has 2 N–H and O–H groups in total. The highest BCUT2D eigenvalue weighted by atomic mass is 16.2. The molecule has 0 fully saturated rings. The van der Waals surface area contributed by atoms with Gasteiger partial charge in [-0.3, -0.25) is 4.79 Å². The van der Waals surface area contributed by atoms with Crippen LogP contribution in [0, 0.1) is 13.8 Å². The van der Waals surface area contributed by atoms with E-state index >= 15 is 0 Å². The predicted octanol–water partition coefficient (Wildman–Crippen LogP) is 2.89. The summed E-state index contributed by atoms with van der Waals surface area (Å²) in [6.45, 7) is 3.79. The molecule has 2 heterocycles. The highest BCUT2D eigenvalue weighted by Crippen LogP contribution is 2.15. The number of rotatable bonds is 5. The molecule has 146 valence electrons. The number of hydrogen-bond donors (Lipinski definition) is 2. The minimum absolute atomic E-state index is 0.198. The Balaban J connectivity index is 1.52. The molecule has 0 aliphatic carbocycles. The van der Waals surface area contributed by atoms with Crippen LogP contribution < -0.4 is 16.3 Å². The summed E-state index contributed by atoms with van der Waals surface area (Å²) in [7, 11) is 0. The Hall–Kier alpha value is -3.94. The zero-order valence-corrected chi connectivity index (χ0v) is 16.1. The molecule has 4 aromatic rings. The van der Waals surface area contributed by atoms with E-state index in [9.17, 15) is 9.59 Å². The van der Waals surface area contributed by atoms with Gasteiger partial charge in [0.15, 0.2) is 0 Å². The smallest absolute Gasteiger partial charge is 0.340 e. The summed E-state index contributed by atoms with van der Waals surface area (Å²) in [5.74, 6) is 0.440. The van der Waals surface area contributed by atoms with E-state index in [1.54, 1.807) is 12.3 Å². The zero-order chi connectivity index (χ0) is 20.4. The molecule has 0 aliphatic heterocycles. The molecular formula is C21H20N6O2. The highest BCUT2D eigenvalue weighted by molar-refractivity contribution is 5.90. The van der Waals surface area contributed by atoms with Gasteiger partial charge in [0.05, 0.1) is 0 Å². The molecule has 2 aromatic carbocycles. The fourth-order valence-electron chi connectivity index (χ4n) is 2.84. The number of hydrogen-bond acceptors (Lipinski definition) is 5. The van der Waals surface area contributed by atoms with Gasteiger partial charge >= 0.3 is 5.69 Å². The largest absolute Gasteiger partial charge is 0.352 e. The second-order valence-corrected chi connectivity index (χ2v) is 6.83. The SMILES string of the molecule is Cc1ccc(NC(=O)Cn2nc3nc(Nc4ccc(C)cc4)ccn3c2=O)cc1. The van der Waals surface area contributed by atoms with E-state index in [0.29, 0.717) is 11.5 Å². The summed E-state index contributed by atoms with van der Waals surface area (Å²) in [6.07, 6.45) is 1.59. The van der Waals surface area contributed by atoms with Crippen LogP contribution in [0.3, 0.4) is 0 Å². The standard InChI is InChI=1S/C21H20N6O2/c1-14-3-7-16(8-4-14)22-18-11-12-26-20(24-18)25-27(21(26)29)13-19(28)23-17-9-5-15(2)6-10-17/h3-12H,13H2,1-2H3,(H,23,28)(H,22,24,25). The summed E-state index contributed by atoms with van der Waals surface area (Å²) in [5.41, 5.74) is 3.38. The molecule has 0 saturated carbocycles. The maximum Gasteiger partial charge on any atom is 0.352 e. The van der Waals surface area contributed by atoms with Crippen molar-refractivity contribution in [2.24, 2.45) is 0 Å². The molecule has 0 spiro atoms. The van der Waals surface area contributed by atoms with E-state index in [1.165, 1.54) is 4.40 Å². The number of amides is 1. The van der Waals surface area contributed by atoms with Crippen molar-refractivity contribution in [2.45, 2.75) is 20.4 Å². The molecule has 8 nitrogen and oxygen atoms in total. The van der Waals surface area contributed by atoms with Gasteiger partial charge < -0.3 is 10.6 Å². The van der Waals surface area contributed by atoms with E-state index in [4.69, 9.17) is 0 Å². The van der Waals surface area contributed by atoms with Gasteiger partial charge in [-0.15, -0.1) is 5.10 Å². The topological polar surface area (TPSA) is 93.3 Å². The van der Waals surface area contributed by atoms with E-state index in [-0.39, 0.29) is 18.2 Å². The minimum Gasteiger partial charge on any atom is -0.340 e. The number of carbonyl (C=O) groups is 1. The van der Waals surface area contributed by atoms with Crippen molar-refractivity contribution in [2.75, 3.05) is 10.6 Å². The van der Waals surface area contributed by atoms with Gasteiger partial charge in [-0.05, 0) is 44.2 Å². The Morgan fingerprint density at radius 1 is 0.931 bits per heavy atom. The maximum absolute atomic E-state index is 12.5. The van der Waals surface area contributed by atoms with Gasteiger partial charge in [0.2, 0.25) is 5.91 Å². The minimum atomic E-state index is -0.423. The van der Waals surface area contributed by atoms with Crippen molar-refractivity contribution in [3.05, 3.63) is 82.4 Å². The third-order valence-corrected chi connectivity index (χ3v) is 4.41. The quantitative estimate of drug-likeness (QED) is 0.548. The number of nitrogens with zero attached hydrogens (tertiary/aromatic N) is 4. The van der Waals surface area contributed by atoms with Crippen molar-refractivity contribution in [1.29, 1.82) is 0 Å². The van der Waals surface area contributed by atoms with Gasteiger partial charge in [0.1, 0.15) is 12.4 Å². The first-order valence-corrected chi connectivity index (χ1v) is 9.14. The fourth-order valence-corrected chi connectivity index (χ4v) is 2.84. The first-order valence-electron chi connectivity index (χ1n) is 9.14. The molecule has 0 radical (unpaired) electrons. The summed E-state index contributed by atoms with van der Waals surface area (Å²) in [4.78, 5) is 29.1. The van der Waals surface area contributed by atoms with Crippen LogP contribution in [0.5, 0.6) is 0 Å². The van der Waals surface area contributed by atoms with E-state index in [0.717, 1.165) is 21.5 Å². The van der Waals surface area contributed by atoms with Crippen molar-refractivity contribution in [3.63, 3.8) is 0 Å². The molecular weight excluding hydrogens is 368 g/mol. The summed E-state index contributed by atoms with van der Waals surface area (Å²) in [5, 5.41) is 10.1. The summed E-state index contributed by atoms with van der Waals surface area (Å²) >= 11 is 0. The third-order valence-electron chi connectivity index (χ3n) is 4.41. The van der Waals surface area contributed by atoms with Gasteiger partial charge in [0, 0.05) is 17.6 Å². The molecule has 0 atom stereocenters. The molecule has 29 heavy (non-hydrogen) atoms. The van der Waals surface area contributed by atoms with Crippen LogP contribution in [-0.4, -0.2) is 25.1 Å². The number of aromatic nitrogens is 4. The van der Waals surface area contributed by atoms with Crippen molar-refractivity contribution < 1.29 is 4.79 Å². The normalized spacial score (nSPS) is 10.8. The first-order chi connectivity index (χ1) is 14.0. The zero-order valence-electron chi connectivity index (χ0n) is 16.1. The van der Waals surface area contributed by atoms with Gasteiger partial charge in [0.25, 0.3) is 5.78 Å². The van der Waals surface area contributed by atoms with Crippen LogP contribution in [0.15, 0.2) is 65.6 Å². The average Bonchev–Trinajstić information content (AvgIpc) is 3.00. The molecule has 2 aromatic heterocycles. The fraction of sp³-hybridized carbons (Fsp3) is 0.143. The monoisotopic (exact) mass is 388 g/mol. The van der Waals surface area contributed by atoms with Gasteiger partial charge in [-0.25, -0.2) is 13.9 Å². The Kier molecular flexibility index (Phi) is 4.82. The van der Waals surface area contributed by atoms with Crippen LogP contribution in [-0.2, 0) is 11.3 Å². The van der Waals surface area contributed by atoms with Crippen LogP contribution in [0.2, 0.25) is 0 Å². The lowest BCUT2D eigenvalue weighted by Crippen LogP contribution is -2.28. The lowest BCUT2D eigenvalue weighted by atomic mass is 10.2. The van der Waals surface area contributed by atoms with Crippen molar-refractivity contribution in [3.8, 4) is 0 Å². The lowest BCUT2D eigenvalue weighted by Gasteiger charge is -2.05. The van der Waals surface area contributed by atoms with Crippen LogP contribution in [0.1, 0.15) is 11.1 Å². The first kappa shape index (κ1) is 18.4. The Morgan fingerprint density at radius 2 is 1.55 bits per heavy atom. The van der Waals surface area contributed by atoms with Crippen LogP contribution in [0.25, 0.3) is 5.78 Å². The summed E-state index contributed by atoms with van der Waals surface area (Å²) < 4.78 is 2.40. The number of anilines is 3.